The van der Waals surface area contributed by atoms with Crippen LogP contribution in [-0.4, -0.2) is 12.8 Å². The maximum atomic E-state index is 11.5. The molecule has 0 aliphatic heterocycles. The van der Waals surface area contributed by atoms with Crippen LogP contribution in [0.2, 0.25) is 0 Å². The van der Waals surface area contributed by atoms with E-state index in [2.05, 4.69) is 35.1 Å². The zero-order valence-electron chi connectivity index (χ0n) is 10.9. The molecule has 0 amide bonds. The summed E-state index contributed by atoms with van der Waals surface area (Å²) >= 11 is 1.71. The molecule has 2 aromatic rings. The quantitative estimate of drug-likeness (QED) is 0.909. The first kappa shape index (κ1) is 13.0. The summed E-state index contributed by atoms with van der Waals surface area (Å²) < 4.78 is 0. The molecular formula is C15H17NOS. The Morgan fingerprint density at radius 3 is 2.33 bits per heavy atom. The molecule has 94 valence electrons. The summed E-state index contributed by atoms with van der Waals surface area (Å²) in [5, 5.41) is 7.34. The van der Waals surface area contributed by atoms with Gasteiger partial charge in [-0.25, -0.2) is 0 Å². The fourth-order valence-corrected chi connectivity index (χ4v) is 2.97. The number of Topliss-reactive ketones (excluding diaryl/α,β-unsaturated/α-hetero) is 1. The lowest BCUT2D eigenvalue weighted by atomic mass is 9.99. The van der Waals surface area contributed by atoms with Crippen molar-refractivity contribution in [2.45, 2.75) is 19.9 Å². The van der Waals surface area contributed by atoms with Gasteiger partial charge in [0.15, 0.2) is 5.78 Å². The lowest BCUT2D eigenvalue weighted by Gasteiger charge is -2.13. The summed E-state index contributed by atoms with van der Waals surface area (Å²) in [5.41, 5.74) is 4.79. The monoisotopic (exact) mass is 259 g/mol. The average Bonchev–Trinajstić information content (AvgIpc) is 2.77. The molecule has 0 aliphatic rings. The molecule has 0 spiro atoms. The van der Waals surface area contributed by atoms with Crippen LogP contribution in [0.1, 0.15) is 24.1 Å². The van der Waals surface area contributed by atoms with Crippen molar-refractivity contribution in [2.24, 2.45) is 0 Å². The molecule has 1 N–H and O–H groups in total. The lowest BCUT2D eigenvalue weighted by Crippen LogP contribution is -2.23. The predicted octanol–water partition coefficient (Wildman–Crippen LogP) is 3.57. The number of hydrogen-bond donors (Lipinski definition) is 1. The Balaban J connectivity index is 2.31. The summed E-state index contributed by atoms with van der Waals surface area (Å²) in [5.74, 6) is 0.136. The third-order valence-electron chi connectivity index (χ3n) is 3.11. The van der Waals surface area contributed by atoms with Gasteiger partial charge in [0.05, 0.1) is 6.04 Å². The number of nitrogens with one attached hydrogen (secondary N) is 1. The van der Waals surface area contributed by atoms with Crippen molar-refractivity contribution < 1.29 is 4.79 Å². The highest BCUT2D eigenvalue weighted by Crippen LogP contribution is 2.27. The molecule has 18 heavy (non-hydrogen) atoms. The zero-order valence-corrected chi connectivity index (χ0v) is 11.7. The molecule has 1 unspecified atom stereocenters. The molecule has 1 heterocycles. The van der Waals surface area contributed by atoms with E-state index in [0.29, 0.717) is 0 Å². The summed E-state index contributed by atoms with van der Waals surface area (Å²) in [6.45, 7) is 3.73. The van der Waals surface area contributed by atoms with Gasteiger partial charge >= 0.3 is 0 Å². The maximum Gasteiger partial charge on any atom is 0.151 e. The van der Waals surface area contributed by atoms with Crippen LogP contribution in [0.25, 0.3) is 11.1 Å². The van der Waals surface area contributed by atoms with Gasteiger partial charge in [0.25, 0.3) is 0 Å². The Morgan fingerprint density at radius 1 is 1.22 bits per heavy atom. The Hall–Kier alpha value is -1.45. The van der Waals surface area contributed by atoms with Crippen molar-refractivity contribution in [1.82, 2.24) is 5.32 Å². The predicted molar refractivity (Wildman–Crippen MR) is 77.0 cm³/mol. The number of rotatable bonds is 4. The van der Waals surface area contributed by atoms with Crippen LogP contribution in [0.4, 0.5) is 0 Å². The van der Waals surface area contributed by atoms with Crippen molar-refractivity contribution in [3.05, 3.63) is 46.2 Å². The van der Waals surface area contributed by atoms with Gasteiger partial charge in [0.1, 0.15) is 0 Å². The van der Waals surface area contributed by atoms with Gasteiger partial charge in [-0.1, -0.05) is 24.3 Å². The van der Waals surface area contributed by atoms with E-state index in [0.717, 1.165) is 5.56 Å². The fraction of sp³-hybridized carbons (Fsp3) is 0.267. The molecule has 1 atom stereocenters. The Morgan fingerprint density at radius 2 is 1.89 bits per heavy atom. The van der Waals surface area contributed by atoms with E-state index in [4.69, 9.17) is 0 Å². The molecule has 3 heteroatoms. The number of thiophene rings is 1. The third-order valence-corrected chi connectivity index (χ3v) is 3.97. The molecule has 1 aromatic carbocycles. The van der Waals surface area contributed by atoms with Crippen molar-refractivity contribution in [2.75, 3.05) is 7.05 Å². The van der Waals surface area contributed by atoms with Gasteiger partial charge in [-0.15, -0.1) is 0 Å². The third kappa shape index (κ3) is 2.52. The molecule has 0 saturated heterocycles. The molecule has 0 radical (unpaired) electrons. The number of ketones is 1. The number of benzene rings is 1. The van der Waals surface area contributed by atoms with Crippen molar-refractivity contribution in [3.8, 4) is 11.1 Å². The first-order valence-electron chi connectivity index (χ1n) is 5.94. The highest BCUT2D eigenvalue weighted by molar-refractivity contribution is 7.08. The second-order valence-corrected chi connectivity index (χ2v) is 5.17. The van der Waals surface area contributed by atoms with Crippen LogP contribution in [0.3, 0.4) is 0 Å². The number of hydrogen-bond acceptors (Lipinski definition) is 3. The molecule has 2 nitrogen and oxygen atoms in total. The molecule has 0 bridgehead atoms. The lowest BCUT2D eigenvalue weighted by molar-refractivity contribution is -0.119. The van der Waals surface area contributed by atoms with Crippen LogP contribution >= 0.6 is 11.3 Å². The highest BCUT2D eigenvalue weighted by Gasteiger charge is 2.14. The van der Waals surface area contributed by atoms with E-state index in [1.807, 2.05) is 19.2 Å². The van der Waals surface area contributed by atoms with E-state index >= 15 is 0 Å². The summed E-state index contributed by atoms with van der Waals surface area (Å²) in [6.07, 6.45) is 0. The summed E-state index contributed by atoms with van der Waals surface area (Å²) in [7, 11) is 1.81. The minimum absolute atomic E-state index is 0.136. The Bertz CT molecular complexity index is 542. The first-order valence-corrected chi connectivity index (χ1v) is 6.88. The standard InChI is InChI=1S/C15H17NOS/c1-10-8-18-9-14(10)12-4-6-13(7-5-12)15(16-3)11(2)17/h4-9,15-16H,1-3H3. The number of carbonyl (C=O) groups is 1. The van der Waals surface area contributed by atoms with Crippen LogP contribution < -0.4 is 5.32 Å². The SMILES string of the molecule is CNC(C(C)=O)c1ccc(-c2cscc2C)cc1. The van der Waals surface area contributed by atoms with Gasteiger partial charge in [-0.05, 0) is 53.9 Å². The largest absolute Gasteiger partial charge is 0.307 e. The molecule has 2 rings (SSSR count). The van der Waals surface area contributed by atoms with Gasteiger partial charge in [-0.2, -0.15) is 11.3 Å². The van der Waals surface area contributed by atoms with Crippen molar-refractivity contribution in [1.29, 1.82) is 0 Å². The van der Waals surface area contributed by atoms with Crippen LogP contribution in [0.15, 0.2) is 35.0 Å². The number of carbonyl (C=O) groups excluding carboxylic acids is 1. The number of aryl methyl sites for hydroxylation is 1. The fourth-order valence-electron chi connectivity index (χ4n) is 2.12. The molecule has 1 aromatic heterocycles. The Kier molecular flexibility index (Phi) is 3.94. The first-order chi connectivity index (χ1) is 8.63. The molecular weight excluding hydrogens is 242 g/mol. The highest BCUT2D eigenvalue weighted by atomic mass is 32.1. The van der Waals surface area contributed by atoms with Crippen LogP contribution in [0, 0.1) is 6.92 Å². The van der Waals surface area contributed by atoms with Gasteiger partial charge in [-0.3, -0.25) is 4.79 Å². The van der Waals surface area contributed by atoms with E-state index < -0.39 is 0 Å². The van der Waals surface area contributed by atoms with E-state index in [9.17, 15) is 4.79 Å². The summed E-state index contributed by atoms with van der Waals surface area (Å²) in [4.78, 5) is 11.5. The van der Waals surface area contributed by atoms with E-state index in [-0.39, 0.29) is 11.8 Å². The molecule has 0 fully saturated rings. The average molecular weight is 259 g/mol. The van der Waals surface area contributed by atoms with Crippen molar-refractivity contribution in [3.63, 3.8) is 0 Å². The smallest absolute Gasteiger partial charge is 0.151 e. The molecule has 0 aliphatic carbocycles. The second-order valence-electron chi connectivity index (χ2n) is 4.42. The van der Waals surface area contributed by atoms with E-state index in [1.165, 1.54) is 16.7 Å². The minimum atomic E-state index is -0.206. The topological polar surface area (TPSA) is 29.1 Å². The van der Waals surface area contributed by atoms with Gasteiger partial charge in [0.2, 0.25) is 0 Å². The number of likely N-dealkylation sites (N-methyl/N-ethyl adjacent to an activating group) is 1. The second kappa shape index (κ2) is 5.46. The normalized spacial score (nSPS) is 12.4. The van der Waals surface area contributed by atoms with Crippen LogP contribution in [-0.2, 0) is 4.79 Å². The maximum absolute atomic E-state index is 11.5. The Labute approximate surface area is 112 Å². The molecule has 0 saturated carbocycles. The minimum Gasteiger partial charge on any atom is -0.307 e. The van der Waals surface area contributed by atoms with E-state index in [1.54, 1.807) is 18.3 Å². The van der Waals surface area contributed by atoms with Crippen molar-refractivity contribution >= 4 is 17.1 Å². The summed E-state index contributed by atoms with van der Waals surface area (Å²) in [6, 6.07) is 8.00. The zero-order chi connectivity index (χ0) is 13.1. The van der Waals surface area contributed by atoms with Crippen LogP contribution in [0.5, 0.6) is 0 Å². The van der Waals surface area contributed by atoms with Gasteiger partial charge < -0.3 is 5.32 Å². The van der Waals surface area contributed by atoms with Gasteiger partial charge in [0, 0.05) is 0 Å².